The molecule has 2 atom stereocenters. The van der Waals surface area contributed by atoms with Crippen molar-refractivity contribution in [3.8, 4) is 5.75 Å². The van der Waals surface area contributed by atoms with E-state index in [2.05, 4.69) is 0 Å². The van der Waals surface area contributed by atoms with Crippen molar-refractivity contribution in [2.45, 2.75) is 26.3 Å². The van der Waals surface area contributed by atoms with Gasteiger partial charge in [-0.2, -0.15) is 0 Å². The highest BCUT2D eigenvalue weighted by Crippen LogP contribution is 2.27. The number of hydrogen-bond acceptors (Lipinski definition) is 3. The number of nitrogens with zero attached hydrogens (tertiary/aromatic N) is 1. The van der Waals surface area contributed by atoms with Crippen LogP contribution in [-0.2, 0) is 4.79 Å². The summed E-state index contributed by atoms with van der Waals surface area (Å²) in [6.45, 7) is 4.01. The zero-order chi connectivity index (χ0) is 14.2. The average molecular weight is 263 g/mol. The highest BCUT2D eigenvalue weighted by molar-refractivity contribution is 5.97. The number of aliphatic carboxylic acids is 1. The Labute approximate surface area is 111 Å². The van der Waals surface area contributed by atoms with Gasteiger partial charge in [-0.05, 0) is 37.0 Å². The first-order chi connectivity index (χ1) is 8.91. The lowest BCUT2D eigenvalue weighted by molar-refractivity contribution is -0.142. The maximum atomic E-state index is 12.3. The van der Waals surface area contributed by atoms with Crippen LogP contribution in [0.2, 0.25) is 0 Å². The number of carbonyl (C=O) groups is 2. The van der Waals surface area contributed by atoms with Gasteiger partial charge in [0.15, 0.2) is 0 Å². The Morgan fingerprint density at radius 1 is 1.37 bits per heavy atom. The summed E-state index contributed by atoms with van der Waals surface area (Å²) < 4.78 is 0. The highest BCUT2D eigenvalue weighted by atomic mass is 16.4. The molecule has 0 radical (unpaired) electrons. The van der Waals surface area contributed by atoms with E-state index in [1.165, 1.54) is 11.0 Å². The fraction of sp³-hybridized carbons (Fsp3) is 0.429. The molecule has 0 aliphatic carbocycles. The zero-order valence-corrected chi connectivity index (χ0v) is 11.0. The molecule has 0 bridgehead atoms. The van der Waals surface area contributed by atoms with Crippen LogP contribution in [0.15, 0.2) is 18.2 Å². The van der Waals surface area contributed by atoms with Crippen molar-refractivity contribution >= 4 is 11.9 Å². The molecular weight excluding hydrogens is 246 g/mol. The number of likely N-dealkylation sites (tertiary alicyclic amines) is 1. The highest BCUT2D eigenvalue weighted by Gasteiger charge is 2.39. The van der Waals surface area contributed by atoms with Gasteiger partial charge >= 0.3 is 5.97 Å². The van der Waals surface area contributed by atoms with Crippen molar-refractivity contribution in [1.29, 1.82) is 0 Å². The molecule has 2 unspecified atom stereocenters. The average Bonchev–Trinajstić information content (AvgIpc) is 2.74. The monoisotopic (exact) mass is 263 g/mol. The summed E-state index contributed by atoms with van der Waals surface area (Å²) in [4.78, 5) is 24.9. The molecule has 1 aromatic rings. The van der Waals surface area contributed by atoms with Gasteiger partial charge in [0.1, 0.15) is 11.8 Å². The van der Waals surface area contributed by atoms with Gasteiger partial charge in [-0.1, -0.05) is 13.0 Å². The molecule has 1 saturated heterocycles. The summed E-state index contributed by atoms with van der Waals surface area (Å²) in [6, 6.07) is 3.87. The Kier molecular flexibility index (Phi) is 3.46. The van der Waals surface area contributed by atoms with Crippen LogP contribution in [0.5, 0.6) is 5.75 Å². The summed E-state index contributed by atoms with van der Waals surface area (Å²) in [5.74, 6) is -1.33. The van der Waals surface area contributed by atoms with Gasteiger partial charge in [-0.3, -0.25) is 4.79 Å². The normalized spacial score (nSPS) is 22.5. The molecule has 19 heavy (non-hydrogen) atoms. The molecule has 2 rings (SSSR count). The number of rotatable bonds is 2. The second-order valence-corrected chi connectivity index (χ2v) is 5.05. The standard InChI is InChI=1S/C14H17NO4/c1-8-3-4-10(7-11(8)16)13(17)15-6-5-9(2)12(15)14(18)19/h3-4,7,9,12,16H,5-6H2,1-2H3,(H,18,19). The molecule has 5 nitrogen and oxygen atoms in total. The van der Waals surface area contributed by atoms with Crippen LogP contribution in [0.1, 0.15) is 29.3 Å². The number of carbonyl (C=O) groups excluding carboxylic acids is 1. The van der Waals surface area contributed by atoms with Crippen molar-refractivity contribution < 1.29 is 19.8 Å². The molecule has 0 spiro atoms. The van der Waals surface area contributed by atoms with Crippen molar-refractivity contribution in [1.82, 2.24) is 4.90 Å². The van der Waals surface area contributed by atoms with Crippen molar-refractivity contribution in [3.05, 3.63) is 29.3 Å². The van der Waals surface area contributed by atoms with Gasteiger partial charge in [-0.25, -0.2) is 4.79 Å². The van der Waals surface area contributed by atoms with Gasteiger partial charge in [0.05, 0.1) is 0 Å². The van der Waals surface area contributed by atoms with Crippen LogP contribution >= 0.6 is 0 Å². The third-order valence-corrected chi connectivity index (χ3v) is 3.67. The minimum Gasteiger partial charge on any atom is -0.508 e. The van der Waals surface area contributed by atoms with E-state index in [0.29, 0.717) is 24.1 Å². The van der Waals surface area contributed by atoms with Gasteiger partial charge < -0.3 is 15.1 Å². The number of amides is 1. The van der Waals surface area contributed by atoms with E-state index in [1.54, 1.807) is 19.1 Å². The number of aromatic hydroxyl groups is 1. The van der Waals surface area contributed by atoms with Crippen LogP contribution in [-0.4, -0.2) is 39.6 Å². The minimum absolute atomic E-state index is 0.0463. The molecule has 1 aromatic carbocycles. The molecule has 1 aliphatic heterocycles. The summed E-state index contributed by atoms with van der Waals surface area (Å²) >= 11 is 0. The molecule has 2 N–H and O–H groups in total. The Balaban J connectivity index is 2.28. The maximum absolute atomic E-state index is 12.3. The van der Waals surface area contributed by atoms with E-state index in [-0.39, 0.29) is 17.6 Å². The third-order valence-electron chi connectivity index (χ3n) is 3.67. The summed E-state index contributed by atoms with van der Waals surface area (Å²) in [6.07, 6.45) is 0.681. The number of carboxylic acids is 1. The van der Waals surface area contributed by atoms with Gasteiger partial charge in [0.2, 0.25) is 0 Å². The Morgan fingerprint density at radius 2 is 2.05 bits per heavy atom. The minimum atomic E-state index is -0.977. The van der Waals surface area contributed by atoms with E-state index in [1.807, 2.05) is 6.92 Å². The molecule has 1 amide bonds. The fourth-order valence-corrected chi connectivity index (χ4v) is 2.46. The van der Waals surface area contributed by atoms with E-state index >= 15 is 0 Å². The molecule has 1 aliphatic rings. The Morgan fingerprint density at radius 3 is 2.63 bits per heavy atom. The third kappa shape index (κ3) is 2.41. The predicted molar refractivity (Wildman–Crippen MR) is 69.1 cm³/mol. The summed E-state index contributed by atoms with van der Waals surface area (Å²) in [5.41, 5.74) is 1.00. The smallest absolute Gasteiger partial charge is 0.326 e. The van der Waals surface area contributed by atoms with E-state index in [4.69, 9.17) is 0 Å². The summed E-state index contributed by atoms with van der Waals surface area (Å²) in [5, 5.41) is 18.8. The summed E-state index contributed by atoms with van der Waals surface area (Å²) in [7, 11) is 0. The number of phenols is 1. The molecule has 1 heterocycles. The lowest BCUT2D eigenvalue weighted by Crippen LogP contribution is -2.42. The number of phenolic OH excluding ortho intramolecular Hbond substituents is 1. The Hall–Kier alpha value is -2.04. The van der Waals surface area contributed by atoms with E-state index in [0.717, 1.165) is 0 Å². The Bertz CT molecular complexity index is 526. The van der Waals surface area contributed by atoms with E-state index in [9.17, 15) is 19.8 Å². The lowest BCUT2D eigenvalue weighted by Gasteiger charge is -2.23. The first kappa shape index (κ1) is 13.4. The number of benzene rings is 1. The van der Waals surface area contributed by atoms with Crippen molar-refractivity contribution in [3.63, 3.8) is 0 Å². The molecule has 0 aromatic heterocycles. The first-order valence-electron chi connectivity index (χ1n) is 6.25. The SMILES string of the molecule is Cc1ccc(C(=O)N2CCC(C)C2C(=O)O)cc1O. The topological polar surface area (TPSA) is 77.8 Å². The van der Waals surface area contributed by atoms with Crippen LogP contribution in [0.3, 0.4) is 0 Å². The van der Waals surface area contributed by atoms with Crippen LogP contribution in [0, 0.1) is 12.8 Å². The van der Waals surface area contributed by atoms with Crippen LogP contribution in [0.25, 0.3) is 0 Å². The molecule has 102 valence electrons. The number of aryl methyl sites for hydroxylation is 1. The van der Waals surface area contributed by atoms with Crippen molar-refractivity contribution in [2.24, 2.45) is 5.92 Å². The van der Waals surface area contributed by atoms with Crippen LogP contribution in [0.4, 0.5) is 0 Å². The van der Waals surface area contributed by atoms with Crippen LogP contribution < -0.4 is 0 Å². The van der Waals surface area contributed by atoms with Gasteiger partial charge in [0.25, 0.3) is 5.91 Å². The number of carboxylic acid groups (broad SMARTS) is 1. The second-order valence-electron chi connectivity index (χ2n) is 5.05. The maximum Gasteiger partial charge on any atom is 0.326 e. The first-order valence-corrected chi connectivity index (χ1v) is 6.25. The number of hydrogen-bond donors (Lipinski definition) is 2. The zero-order valence-electron chi connectivity index (χ0n) is 11.0. The van der Waals surface area contributed by atoms with Gasteiger partial charge in [-0.15, -0.1) is 0 Å². The molecule has 0 saturated carbocycles. The second kappa shape index (κ2) is 4.91. The largest absolute Gasteiger partial charge is 0.508 e. The van der Waals surface area contributed by atoms with Crippen molar-refractivity contribution in [2.75, 3.05) is 6.54 Å². The predicted octanol–water partition coefficient (Wildman–Crippen LogP) is 1.64. The molecule has 5 heteroatoms. The quantitative estimate of drug-likeness (QED) is 0.850. The fourth-order valence-electron chi connectivity index (χ4n) is 2.46. The molecule has 1 fully saturated rings. The lowest BCUT2D eigenvalue weighted by atomic mass is 10.0. The van der Waals surface area contributed by atoms with E-state index < -0.39 is 12.0 Å². The molecular formula is C14H17NO4. The van der Waals surface area contributed by atoms with Gasteiger partial charge in [0, 0.05) is 12.1 Å².